The lowest BCUT2D eigenvalue weighted by molar-refractivity contribution is 0.102. The van der Waals surface area contributed by atoms with Crippen LogP contribution in [0.1, 0.15) is 31.3 Å². The maximum absolute atomic E-state index is 12.4. The van der Waals surface area contributed by atoms with Crippen LogP contribution in [0.4, 0.5) is 5.13 Å². The van der Waals surface area contributed by atoms with Crippen molar-refractivity contribution in [2.75, 3.05) is 5.32 Å². The zero-order chi connectivity index (χ0) is 17.6. The molecular formula is C20H16N2O2S. The molecule has 3 rings (SSSR count). The summed E-state index contributed by atoms with van der Waals surface area (Å²) < 4.78 is 0. The van der Waals surface area contributed by atoms with Crippen LogP contribution in [-0.2, 0) is 0 Å². The third-order valence-corrected chi connectivity index (χ3v) is 4.59. The third-order valence-electron chi connectivity index (χ3n) is 3.50. The number of allylic oxidation sites excluding steroid dienone is 1. The number of amides is 1. The topological polar surface area (TPSA) is 59.1 Å². The molecule has 0 spiro atoms. The Morgan fingerprint density at radius 1 is 1.00 bits per heavy atom. The summed E-state index contributed by atoms with van der Waals surface area (Å²) in [5, 5.41) is 3.16. The Balaban J connectivity index is 1.73. The maximum Gasteiger partial charge on any atom is 0.257 e. The largest absolute Gasteiger partial charge is 0.298 e. The molecule has 0 aliphatic rings. The van der Waals surface area contributed by atoms with Crippen LogP contribution in [0.2, 0.25) is 0 Å². The first-order valence-electron chi connectivity index (χ1n) is 7.75. The lowest BCUT2D eigenvalue weighted by atomic mass is 10.2. The Morgan fingerprint density at radius 2 is 1.64 bits per heavy atom. The molecule has 0 bridgehead atoms. The third kappa shape index (κ3) is 4.28. The number of aryl methyl sites for hydroxylation is 1. The minimum Gasteiger partial charge on any atom is -0.298 e. The average molecular weight is 348 g/mol. The Labute approximate surface area is 149 Å². The van der Waals surface area contributed by atoms with Crippen molar-refractivity contribution in [2.45, 2.75) is 6.92 Å². The van der Waals surface area contributed by atoms with Crippen LogP contribution in [0, 0.1) is 6.92 Å². The van der Waals surface area contributed by atoms with Gasteiger partial charge < -0.3 is 0 Å². The summed E-state index contributed by atoms with van der Waals surface area (Å²) in [7, 11) is 0. The second-order valence-corrected chi connectivity index (χ2v) is 6.36. The van der Waals surface area contributed by atoms with Crippen molar-refractivity contribution >= 4 is 34.2 Å². The summed E-state index contributed by atoms with van der Waals surface area (Å²) in [6.45, 7) is 1.76. The van der Waals surface area contributed by atoms with Gasteiger partial charge in [-0.2, -0.15) is 0 Å². The molecular weight excluding hydrogens is 332 g/mol. The molecule has 1 aromatic heterocycles. The number of benzene rings is 2. The number of anilines is 1. The molecule has 1 heterocycles. The summed E-state index contributed by atoms with van der Waals surface area (Å²) in [5.74, 6) is -0.368. The fraction of sp³-hybridized carbons (Fsp3) is 0.0500. The van der Waals surface area contributed by atoms with Crippen LogP contribution in [-0.4, -0.2) is 16.7 Å². The zero-order valence-corrected chi connectivity index (χ0v) is 14.4. The summed E-state index contributed by atoms with van der Waals surface area (Å²) in [6, 6.07) is 18.5. The fourth-order valence-electron chi connectivity index (χ4n) is 2.25. The van der Waals surface area contributed by atoms with Crippen molar-refractivity contribution in [2.24, 2.45) is 0 Å². The molecule has 0 radical (unpaired) electrons. The van der Waals surface area contributed by atoms with Crippen molar-refractivity contribution in [3.05, 3.63) is 88.4 Å². The summed E-state index contributed by atoms with van der Waals surface area (Å²) >= 11 is 1.18. The number of hydrogen-bond donors (Lipinski definition) is 1. The number of aromatic nitrogens is 1. The predicted octanol–water partition coefficient (Wildman–Crippen LogP) is 4.60. The number of thiazole rings is 1. The van der Waals surface area contributed by atoms with Crippen molar-refractivity contribution in [1.82, 2.24) is 4.98 Å². The summed E-state index contributed by atoms with van der Waals surface area (Å²) in [5.41, 5.74) is 2.11. The van der Waals surface area contributed by atoms with E-state index in [0.717, 1.165) is 5.56 Å². The monoisotopic (exact) mass is 348 g/mol. The molecule has 0 aliphatic heterocycles. The number of hydrogen-bond acceptors (Lipinski definition) is 4. The number of nitrogens with zero attached hydrogens (tertiary/aromatic N) is 1. The van der Waals surface area contributed by atoms with E-state index in [1.54, 1.807) is 37.3 Å². The van der Waals surface area contributed by atoms with Crippen LogP contribution in [0.15, 0.2) is 66.7 Å². The van der Waals surface area contributed by atoms with E-state index in [1.165, 1.54) is 17.4 Å². The van der Waals surface area contributed by atoms with Crippen molar-refractivity contribution in [3.8, 4) is 0 Å². The molecule has 0 fully saturated rings. The van der Waals surface area contributed by atoms with E-state index in [2.05, 4.69) is 10.3 Å². The van der Waals surface area contributed by atoms with Crippen LogP contribution >= 0.6 is 11.3 Å². The van der Waals surface area contributed by atoms with E-state index in [4.69, 9.17) is 0 Å². The van der Waals surface area contributed by atoms with Gasteiger partial charge in [-0.15, -0.1) is 0 Å². The van der Waals surface area contributed by atoms with E-state index >= 15 is 0 Å². The normalized spacial score (nSPS) is 10.8. The Kier molecular flexibility index (Phi) is 5.16. The van der Waals surface area contributed by atoms with Gasteiger partial charge in [-0.3, -0.25) is 14.9 Å². The highest BCUT2D eigenvalue weighted by Gasteiger charge is 2.15. The molecule has 124 valence electrons. The number of carbonyl (C=O) groups excluding carboxylic acids is 2. The molecule has 1 amide bonds. The molecule has 0 unspecified atom stereocenters. The van der Waals surface area contributed by atoms with Gasteiger partial charge in [0.15, 0.2) is 10.9 Å². The minimum absolute atomic E-state index is 0.126. The number of rotatable bonds is 5. The molecule has 0 saturated heterocycles. The molecule has 0 saturated carbocycles. The molecule has 2 aromatic carbocycles. The van der Waals surface area contributed by atoms with Crippen molar-refractivity contribution < 1.29 is 9.59 Å². The molecule has 0 atom stereocenters. The molecule has 3 aromatic rings. The van der Waals surface area contributed by atoms with Crippen molar-refractivity contribution in [3.63, 3.8) is 0 Å². The number of ketones is 1. The van der Waals surface area contributed by atoms with E-state index in [9.17, 15) is 9.59 Å². The first-order valence-corrected chi connectivity index (χ1v) is 8.56. The lowest BCUT2D eigenvalue weighted by Crippen LogP contribution is -2.11. The van der Waals surface area contributed by atoms with Gasteiger partial charge in [0.1, 0.15) is 0 Å². The first kappa shape index (κ1) is 16.8. The molecule has 25 heavy (non-hydrogen) atoms. The lowest BCUT2D eigenvalue weighted by Gasteiger charge is -2.00. The van der Waals surface area contributed by atoms with Gasteiger partial charge in [-0.05, 0) is 30.7 Å². The SMILES string of the molecule is Cc1nc(NC(=O)c2ccccc2)sc1C(=O)/C=C/c1ccccc1. The second-order valence-electron chi connectivity index (χ2n) is 5.36. The van der Waals surface area contributed by atoms with E-state index in [1.807, 2.05) is 36.4 Å². The highest BCUT2D eigenvalue weighted by molar-refractivity contribution is 7.18. The number of carbonyl (C=O) groups is 2. The van der Waals surface area contributed by atoms with Crippen LogP contribution in [0.25, 0.3) is 6.08 Å². The molecule has 5 heteroatoms. The first-order chi connectivity index (χ1) is 12.1. The zero-order valence-electron chi connectivity index (χ0n) is 13.6. The van der Waals surface area contributed by atoms with Crippen LogP contribution < -0.4 is 5.32 Å². The predicted molar refractivity (Wildman–Crippen MR) is 101 cm³/mol. The van der Waals surface area contributed by atoms with Crippen LogP contribution in [0.3, 0.4) is 0 Å². The van der Waals surface area contributed by atoms with Crippen LogP contribution in [0.5, 0.6) is 0 Å². The quantitative estimate of drug-likeness (QED) is 0.541. The van der Waals surface area contributed by atoms with Gasteiger partial charge in [0.25, 0.3) is 5.91 Å². The Hall–Kier alpha value is -3.05. The van der Waals surface area contributed by atoms with E-state index < -0.39 is 0 Å². The van der Waals surface area contributed by atoms with Gasteiger partial charge in [-0.25, -0.2) is 4.98 Å². The van der Waals surface area contributed by atoms with Gasteiger partial charge in [0.05, 0.1) is 10.6 Å². The highest BCUT2D eigenvalue weighted by Crippen LogP contribution is 2.24. The maximum atomic E-state index is 12.4. The molecule has 1 N–H and O–H groups in total. The summed E-state index contributed by atoms with van der Waals surface area (Å²) in [4.78, 5) is 29.4. The second kappa shape index (κ2) is 7.68. The van der Waals surface area contributed by atoms with Gasteiger partial charge in [0, 0.05) is 5.56 Å². The van der Waals surface area contributed by atoms with Gasteiger partial charge in [0.2, 0.25) is 0 Å². The van der Waals surface area contributed by atoms with Gasteiger partial charge >= 0.3 is 0 Å². The highest BCUT2D eigenvalue weighted by atomic mass is 32.1. The standard InChI is InChI=1S/C20H16N2O2S/c1-14-18(17(23)13-12-15-8-4-2-5-9-15)25-20(21-14)22-19(24)16-10-6-3-7-11-16/h2-13H,1H3,(H,21,22,24)/b13-12+. The Bertz CT molecular complexity index is 915. The fourth-order valence-corrected chi connectivity index (χ4v) is 3.13. The molecule has 0 aliphatic carbocycles. The molecule has 4 nitrogen and oxygen atoms in total. The van der Waals surface area contributed by atoms with Gasteiger partial charge in [-0.1, -0.05) is 65.9 Å². The Morgan fingerprint density at radius 3 is 2.32 bits per heavy atom. The van der Waals surface area contributed by atoms with Crippen molar-refractivity contribution in [1.29, 1.82) is 0 Å². The van der Waals surface area contributed by atoms with E-state index in [0.29, 0.717) is 21.3 Å². The smallest absolute Gasteiger partial charge is 0.257 e. The summed E-state index contributed by atoms with van der Waals surface area (Å²) in [6.07, 6.45) is 3.29. The average Bonchev–Trinajstić information content (AvgIpc) is 3.01. The minimum atomic E-state index is -0.242. The van der Waals surface area contributed by atoms with E-state index in [-0.39, 0.29) is 11.7 Å². The number of nitrogens with one attached hydrogen (secondary N) is 1.